The fourth-order valence-electron chi connectivity index (χ4n) is 3.75. The lowest BCUT2D eigenvalue weighted by atomic mass is 9.86. The Balaban J connectivity index is 1.89. The number of carbonyl (C=O) groups excluding carboxylic acids is 2. The molecule has 0 saturated carbocycles. The average molecular weight is 330 g/mol. The molecule has 0 atom stereocenters. The molecule has 0 saturated heterocycles. The van der Waals surface area contributed by atoms with Crippen LogP contribution in [0.4, 0.5) is 5.82 Å². The number of pyridine rings is 1. The SMILES string of the molecule is Cc1cc(C)c2c3n(nc2n1)C1=C(CN3)C(=O)C(=O)c2ccccc21. The molecule has 1 aromatic carbocycles. The van der Waals surface area contributed by atoms with Crippen LogP contribution in [0, 0.1) is 13.8 Å². The summed E-state index contributed by atoms with van der Waals surface area (Å²) < 4.78 is 1.73. The number of carbonyl (C=O) groups is 2. The highest BCUT2D eigenvalue weighted by molar-refractivity contribution is 6.52. The Morgan fingerprint density at radius 2 is 1.84 bits per heavy atom. The molecule has 1 aliphatic heterocycles. The lowest BCUT2D eigenvalue weighted by molar-refractivity contribution is -0.111. The number of Topliss-reactive ketones (excluding diaryl/α,β-unsaturated/α-hetero) is 2. The zero-order valence-corrected chi connectivity index (χ0v) is 13.8. The van der Waals surface area contributed by atoms with E-state index < -0.39 is 11.6 Å². The highest BCUT2D eigenvalue weighted by Crippen LogP contribution is 2.38. The van der Waals surface area contributed by atoms with E-state index in [4.69, 9.17) is 0 Å². The normalized spacial score (nSPS) is 15.8. The van der Waals surface area contributed by atoms with Gasteiger partial charge in [0.05, 0.1) is 11.1 Å². The summed E-state index contributed by atoms with van der Waals surface area (Å²) in [6, 6.07) is 9.21. The third kappa shape index (κ3) is 1.73. The Morgan fingerprint density at radius 3 is 2.64 bits per heavy atom. The zero-order valence-electron chi connectivity index (χ0n) is 13.8. The minimum absolute atomic E-state index is 0.308. The molecule has 2 aromatic heterocycles. The van der Waals surface area contributed by atoms with Crippen LogP contribution in [0.25, 0.3) is 16.7 Å². The summed E-state index contributed by atoms with van der Waals surface area (Å²) in [4.78, 5) is 29.5. The molecular weight excluding hydrogens is 316 g/mol. The van der Waals surface area contributed by atoms with Gasteiger partial charge in [-0.15, -0.1) is 5.10 Å². The van der Waals surface area contributed by atoms with Gasteiger partial charge in [-0.2, -0.15) is 0 Å². The van der Waals surface area contributed by atoms with E-state index in [1.165, 1.54) is 0 Å². The predicted octanol–water partition coefficient (Wildman–Crippen LogP) is 2.50. The van der Waals surface area contributed by atoms with Gasteiger partial charge in [0.15, 0.2) is 5.65 Å². The number of aromatic nitrogens is 3. The fraction of sp³-hybridized carbons (Fsp3) is 0.158. The van der Waals surface area contributed by atoms with E-state index in [1.54, 1.807) is 16.8 Å². The fourth-order valence-corrected chi connectivity index (χ4v) is 3.75. The predicted molar refractivity (Wildman–Crippen MR) is 93.6 cm³/mol. The smallest absolute Gasteiger partial charge is 0.234 e. The lowest BCUT2D eigenvalue weighted by Crippen LogP contribution is -2.33. The first-order valence-electron chi connectivity index (χ1n) is 8.09. The third-order valence-corrected chi connectivity index (χ3v) is 4.81. The van der Waals surface area contributed by atoms with Gasteiger partial charge in [0.25, 0.3) is 0 Å². The van der Waals surface area contributed by atoms with Gasteiger partial charge in [0, 0.05) is 28.9 Å². The summed E-state index contributed by atoms with van der Waals surface area (Å²) in [6.07, 6.45) is 0. The third-order valence-electron chi connectivity index (χ3n) is 4.81. The van der Waals surface area contributed by atoms with Crippen LogP contribution in [-0.2, 0) is 4.79 Å². The topological polar surface area (TPSA) is 76.9 Å². The molecule has 2 aliphatic rings. The van der Waals surface area contributed by atoms with Crippen molar-refractivity contribution in [2.24, 2.45) is 0 Å². The molecule has 122 valence electrons. The van der Waals surface area contributed by atoms with E-state index in [2.05, 4.69) is 15.4 Å². The molecule has 5 rings (SSSR count). The van der Waals surface area contributed by atoms with Crippen molar-refractivity contribution in [2.45, 2.75) is 13.8 Å². The minimum Gasteiger partial charge on any atom is -0.365 e. The molecule has 0 radical (unpaired) electrons. The number of rotatable bonds is 0. The molecule has 0 bridgehead atoms. The highest BCUT2D eigenvalue weighted by atomic mass is 16.2. The number of anilines is 1. The number of fused-ring (bicyclic) bond motifs is 6. The molecule has 1 N–H and O–H groups in total. The summed E-state index contributed by atoms with van der Waals surface area (Å²) in [5.74, 6) is -0.107. The van der Waals surface area contributed by atoms with Crippen molar-refractivity contribution in [2.75, 3.05) is 11.9 Å². The molecule has 0 fully saturated rings. The molecule has 0 unspecified atom stereocenters. The van der Waals surface area contributed by atoms with E-state index in [1.807, 2.05) is 32.0 Å². The number of aryl methyl sites for hydroxylation is 2. The number of hydrogen-bond donors (Lipinski definition) is 1. The van der Waals surface area contributed by atoms with Gasteiger partial charge in [-0.05, 0) is 25.5 Å². The highest BCUT2D eigenvalue weighted by Gasteiger charge is 2.37. The Hall–Kier alpha value is -3.28. The van der Waals surface area contributed by atoms with E-state index in [-0.39, 0.29) is 0 Å². The first kappa shape index (κ1) is 14.1. The maximum absolute atomic E-state index is 12.6. The molecule has 0 spiro atoms. The Bertz CT molecular complexity index is 1150. The van der Waals surface area contributed by atoms with Crippen LogP contribution in [-0.4, -0.2) is 32.9 Å². The first-order valence-corrected chi connectivity index (χ1v) is 8.09. The second kappa shape index (κ2) is 4.63. The van der Waals surface area contributed by atoms with Crippen LogP contribution in [0.1, 0.15) is 27.2 Å². The molecule has 0 amide bonds. The zero-order chi connectivity index (χ0) is 17.3. The van der Waals surface area contributed by atoms with E-state index in [0.29, 0.717) is 29.0 Å². The van der Waals surface area contributed by atoms with Crippen LogP contribution >= 0.6 is 0 Å². The summed E-state index contributed by atoms with van der Waals surface area (Å²) in [7, 11) is 0. The molecule has 6 nitrogen and oxygen atoms in total. The van der Waals surface area contributed by atoms with Gasteiger partial charge < -0.3 is 5.32 Å². The van der Waals surface area contributed by atoms with E-state index in [0.717, 1.165) is 28.0 Å². The summed E-state index contributed by atoms with van der Waals surface area (Å²) in [5.41, 5.74) is 4.92. The van der Waals surface area contributed by atoms with Crippen molar-refractivity contribution < 1.29 is 9.59 Å². The maximum Gasteiger partial charge on any atom is 0.234 e. The van der Waals surface area contributed by atoms with Gasteiger partial charge >= 0.3 is 0 Å². The van der Waals surface area contributed by atoms with Gasteiger partial charge in [-0.1, -0.05) is 24.3 Å². The molecular formula is C19H14N4O2. The summed E-state index contributed by atoms with van der Waals surface area (Å²) >= 11 is 0. The lowest BCUT2D eigenvalue weighted by Gasteiger charge is -2.27. The molecule has 3 aromatic rings. The second-order valence-corrected chi connectivity index (χ2v) is 6.42. The largest absolute Gasteiger partial charge is 0.365 e. The molecule has 3 heterocycles. The monoisotopic (exact) mass is 330 g/mol. The quantitative estimate of drug-likeness (QED) is 0.641. The van der Waals surface area contributed by atoms with Crippen molar-refractivity contribution in [1.82, 2.24) is 14.8 Å². The van der Waals surface area contributed by atoms with Crippen LogP contribution in [0.5, 0.6) is 0 Å². The minimum atomic E-state index is -0.465. The standard InChI is InChI=1S/C19H14N4O2/c1-9-7-10(2)21-18-14(9)19-20-8-13-15(23(19)22-18)11-5-3-4-6-12(11)16(24)17(13)25/h3-7,20H,8H2,1-2H3. The number of nitrogens with zero attached hydrogens (tertiary/aromatic N) is 3. The number of benzene rings is 1. The van der Waals surface area contributed by atoms with Crippen LogP contribution < -0.4 is 5.32 Å². The van der Waals surface area contributed by atoms with Crippen molar-refractivity contribution in [1.29, 1.82) is 0 Å². The van der Waals surface area contributed by atoms with Crippen molar-refractivity contribution in [3.8, 4) is 0 Å². The first-order chi connectivity index (χ1) is 12.1. The Morgan fingerprint density at radius 1 is 1.08 bits per heavy atom. The van der Waals surface area contributed by atoms with E-state index >= 15 is 0 Å². The number of nitrogens with one attached hydrogen (secondary N) is 1. The van der Waals surface area contributed by atoms with Crippen LogP contribution in [0.2, 0.25) is 0 Å². The Kier molecular flexibility index (Phi) is 2.61. The van der Waals surface area contributed by atoms with Gasteiger partial charge in [-0.25, -0.2) is 9.67 Å². The summed E-state index contributed by atoms with van der Waals surface area (Å²) in [6.45, 7) is 4.26. The second-order valence-electron chi connectivity index (χ2n) is 6.42. The molecule has 25 heavy (non-hydrogen) atoms. The van der Waals surface area contributed by atoms with E-state index in [9.17, 15) is 9.59 Å². The molecule has 1 aliphatic carbocycles. The van der Waals surface area contributed by atoms with Crippen LogP contribution in [0.15, 0.2) is 35.9 Å². The average Bonchev–Trinajstić information content (AvgIpc) is 2.97. The van der Waals surface area contributed by atoms with Crippen molar-refractivity contribution in [3.63, 3.8) is 0 Å². The Labute approximate surface area is 143 Å². The van der Waals surface area contributed by atoms with Gasteiger partial charge in [-0.3, -0.25) is 9.59 Å². The molecule has 6 heteroatoms. The van der Waals surface area contributed by atoms with Crippen LogP contribution in [0.3, 0.4) is 0 Å². The van der Waals surface area contributed by atoms with Gasteiger partial charge in [0.1, 0.15) is 5.82 Å². The van der Waals surface area contributed by atoms with Crippen molar-refractivity contribution in [3.05, 3.63) is 58.3 Å². The summed E-state index contributed by atoms with van der Waals surface area (Å²) in [5, 5.41) is 8.84. The number of hydrogen-bond acceptors (Lipinski definition) is 5. The number of ketones is 2. The maximum atomic E-state index is 12.6. The van der Waals surface area contributed by atoms with Gasteiger partial charge in [0.2, 0.25) is 11.6 Å². The van der Waals surface area contributed by atoms with Crippen molar-refractivity contribution >= 4 is 34.1 Å².